The fraction of sp³-hybridized carbons (Fsp3) is 0.500. The molecule has 1 N–H and O–H groups in total. The second kappa shape index (κ2) is 5.61. The molecule has 0 aromatic carbocycles. The van der Waals surface area contributed by atoms with Gasteiger partial charge in [-0.1, -0.05) is 18.7 Å². The quantitative estimate of drug-likeness (QED) is 0.709. The van der Waals surface area contributed by atoms with Crippen molar-refractivity contribution in [3.8, 4) is 0 Å². The Labute approximate surface area is 92.1 Å². The highest BCUT2D eigenvalue weighted by Gasteiger charge is 2.12. The molecule has 84 valence electrons. The van der Waals surface area contributed by atoms with Gasteiger partial charge >= 0.3 is 0 Å². The van der Waals surface area contributed by atoms with Gasteiger partial charge in [-0.15, -0.1) is 0 Å². The van der Waals surface area contributed by atoms with Gasteiger partial charge in [0, 0.05) is 20.1 Å². The number of rotatable bonds is 4. The molecule has 3 heteroatoms. The number of allylic oxidation sites excluding steroid dienone is 3. The van der Waals surface area contributed by atoms with Gasteiger partial charge in [0.05, 0.1) is 13.2 Å². The van der Waals surface area contributed by atoms with Crippen molar-refractivity contribution in [2.75, 3.05) is 33.4 Å². The summed E-state index contributed by atoms with van der Waals surface area (Å²) in [4.78, 5) is 2.26. The summed E-state index contributed by atoms with van der Waals surface area (Å²) in [6.45, 7) is 13.2. The Bertz CT molecular complexity index is 275. The maximum atomic E-state index is 5.31. The molecule has 0 bridgehead atoms. The molecular weight excluding hydrogens is 188 g/mol. The van der Waals surface area contributed by atoms with Crippen molar-refractivity contribution in [3.05, 3.63) is 36.2 Å². The minimum Gasteiger partial charge on any atom is -0.378 e. The van der Waals surface area contributed by atoms with E-state index in [1.54, 1.807) is 0 Å². The fourth-order valence-corrected chi connectivity index (χ4v) is 1.41. The van der Waals surface area contributed by atoms with Gasteiger partial charge in [0.15, 0.2) is 0 Å². The first-order chi connectivity index (χ1) is 7.15. The van der Waals surface area contributed by atoms with Gasteiger partial charge in [-0.05, 0) is 18.6 Å². The van der Waals surface area contributed by atoms with Crippen LogP contribution in [0.3, 0.4) is 0 Å². The largest absolute Gasteiger partial charge is 0.378 e. The van der Waals surface area contributed by atoms with Crippen molar-refractivity contribution >= 4 is 0 Å². The lowest BCUT2D eigenvalue weighted by Gasteiger charge is -2.30. The number of hydrogen-bond acceptors (Lipinski definition) is 3. The minimum absolute atomic E-state index is 0.790. The number of morpholine rings is 1. The molecule has 0 aromatic heterocycles. The van der Waals surface area contributed by atoms with Crippen LogP contribution in [-0.2, 0) is 4.74 Å². The molecule has 1 fully saturated rings. The molecule has 3 nitrogen and oxygen atoms in total. The molecule has 0 aliphatic carbocycles. The van der Waals surface area contributed by atoms with Crippen molar-refractivity contribution in [2.45, 2.75) is 6.92 Å². The van der Waals surface area contributed by atoms with E-state index >= 15 is 0 Å². The van der Waals surface area contributed by atoms with Crippen molar-refractivity contribution in [1.29, 1.82) is 0 Å². The van der Waals surface area contributed by atoms with Crippen LogP contribution in [0.15, 0.2) is 36.2 Å². The van der Waals surface area contributed by atoms with Gasteiger partial charge in [-0.3, -0.25) is 0 Å². The Balaban J connectivity index is 2.68. The number of nitrogens with zero attached hydrogens (tertiary/aromatic N) is 1. The second-order valence-electron chi connectivity index (χ2n) is 3.68. The third-order valence-electron chi connectivity index (χ3n) is 2.47. The van der Waals surface area contributed by atoms with Gasteiger partial charge in [0.1, 0.15) is 5.82 Å². The average molecular weight is 208 g/mol. The molecule has 0 unspecified atom stereocenters. The maximum absolute atomic E-state index is 5.31. The molecule has 15 heavy (non-hydrogen) atoms. The second-order valence-corrected chi connectivity index (χ2v) is 3.68. The fourth-order valence-electron chi connectivity index (χ4n) is 1.41. The van der Waals surface area contributed by atoms with Crippen LogP contribution in [0, 0.1) is 0 Å². The summed E-state index contributed by atoms with van der Waals surface area (Å²) in [6, 6.07) is 0. The Morgan fingerprint density at radius 2 is 1.93 bits per heavy atom. The van der Waals surface area contributed by atoms with Crippen molar-refractivity contribution in [3.63, 3.8) is 0 Å². The van der Waals surface area contributed by atoms with Gasteiger partial charge in [-0.2, -0.15) is 0 Å². The first kappa shape index (κ1) is 11.9. The highest BCUT2D eigenvalue weighted by atomic mass is 16.5. The van der Waals surface area contributed by atoms with Crippen LogP contribution in [-0.4, -0.2) is 38.3 Å². The van der Waals surface area contributed by atoms with E-state index < -0.39 is 0 Å². The summed E-state index contributed by atoms with van der Waals surface area (Å²) in [5.41, 5.74) is 1.96. The van der Waals surface area contributed by atoms with Gasteiger partial charge in [0.25, 0.3) is 0 Å². The van der Waals surface area contributed by atoms with E-state index in [1.807, 2.05) is 20.0 Å². The lowest BCUT2D eigenvalue weighted by molar-refractivity contribution is 0.0509. The van der Waals surface area contributed by atoms with Crippen LogP contribution in [0.1, 0.15) is 6.92 Å². The molecule has 0 aromatic rings. The highest BCUT2D eigenvalue weighted by Crippen LogP contribution is 2.11. The molecule has 0 saturated carbocycles. The molecule has 0 atom stereocenters. The zero-order chi connectivity index (χ0) is 11.3. The smallest absolute Gasteiger partial charge is 0.102 e. The lowest BCUT2D eigenvalue weighted by Crippen LogP contribution is -2.39. The molecule has 1 heterocycles. The third-order valence-corrected chi connectivity index (χ3v) is 2.47. The number of ether oxygens (including phenoxy) is 1. The molecule has 1 aliphatic rings. The molecule has 0 spiro atoms. The average Bonchev–Trinajstić information content (AvgIpc) is 2.26. The van der Waals surface area contributed by atoms with Crippen molar-refractivity contribution in [1.82, 2.24) is 10.2 Å². The van der Waals surface area contributed by atoms with Crippen molar-refractivity contribution in [2.24, 2.45) is 0 Å². The van der Waals surface area contributed by atoms with Crippen molar-refractivity contribution < 1.29 is 4.74 Å². The van der Waals surface area contributed by atoms with Gasteiger partial charge in [-0.25, -0.2) is 0 Å². The molecule has 0 radical (unpaired) electrons. The number of hydrogen-bond donors (Lipinski definition) is 1. The molecule has 0 amide bonds. The van der Waals surface area contributed by atoms with E-state index in [1.165, 1.54) is 0 Å². The third kappa shape index (κ3) is 3.44. The summed E-state index contributed by atoms with van der Waals surface area (Å²) in [5.74, 6) is 1.09. The predicted octanol–water partition coefficient (Wildman–Crippen LogP) is 1.51. The van der Waals surface area contributed by atoms with E-state index in [-0.39, 0.29) is 0 Å². The highest BCUT2D eigenvalue weighted by molar-refractivity contribution is 5.35. The molecule has 1 rings (SSSR count). The zero-order valence-corrected chi connectivity index (χ0v) is 9.68. The van der Waals surface area contributed by atoms with E-state index in [4.69, 9.17) is 4.74 Å². The summed E-state index contributed by atoms with van der Waals surface area (Å²) >= 11 is 0. The molecular formula is C12H20N2O. The monoisotopic (exact) mass is 208 g/mol. The van der Waals surface area contributed by atoms with Crippen LogP contribution < -0.4 is 5.32 Å². The summed E-state index contributed by atoms with van der Waals surface area (Å²) < 4.78 is 5.31. The zero-order valence-electron chi connectivity index (χ0n) is 9.68. The molecule has 1 aliphatic heterocycles. The minimum atomic E-state index is 0.790. The maximum Gasteiger partial charge on any atom is 0.102 e. The molecule has 1 saturated heterocycles. The Hall–Kier alpha value is -1.22. The number of nitrogens with one attached hydrogen (secondary N) is 1. The summed E-state index contributed by atoms with van der Waals surface area (Å²) in [6.07, 6.45) is 2.04. The first-order valence-electron chi connectivity index (χ1n) is 5.22. The standard InChI is InChI=1S/C12H20N2O/c1-10(2)11(3)9-12(13-4)14-5-7-15-8-6-14/h9,13H,1,3,5-8H2,2,4H3/b12-9+. The van der Waals surface area contributed by atoms with Gasteiger partial charge in [0.2, 0.25) is 0 Å². The summed E-state index contributed by atoms with van der Waals surface area (Å²) in [5, 5.41) is 3.19. The van der Waals surface area contributed by atoms with Gasteiger partial charge < -0.3 is 15.0 Å². The lowest BCUT2D eigenvalue weighted by atomic mass is 10.1. The van der Waals surface area contributed by atoms with Crippen LogP contribution in [0.4, 0.5) is 0 Å². The first-order valence-corrected chi connectivity index (χ1v) is 5.22. The van der Waals surface area contributed by atoms with E-state index in [0.717, 1.165) is 43.3 Å². The topological polar surface area (TPSA) is 24.5 Å². The Morgan fingerprint density at radius 1 is 1.33 bits per heavy atom. The van der Waals surface area contributed by atoms with Crippen LogP contribution >= 0.6 is 0 Å². The van der Waals surface area contributed by atoms with E-state index in [2.05, 4.69) is 23.4 Å². The van der Waals surface area contributed by atoms with Crippen LogP contribution in [0.5, 0.6) is 0 Å². The normalized spacial score (nSPS) is 17.5. The predicted molar refractivity (Wildman–Crippen MR) is 63.5 cm³/mol. The van der Waals surface area contributed by atoms with Crippen LogP contribution in [0.2, 0.25) is 0 Å². The summed E-state index contributed by atoms with van der Waals surface area (Å²) in [7, 11) is 1.92. The SMILES string of the molecule is C=C(C)C(=C)/C=C(\NC)N1CCOCC1. The van der Waals surface area contributed by atoms with E-state index in [9.17, 15) is 0 Å². The van der Waals surface area contributed by atoms with Crippen LogP contribution in [0.25, 0.3) is 0 Å². The Kier molecular flexibility index (Phi) is 4.43. The Morgan fingerprint density at radius 3 is 2.40 bits per heavy atom. The van der Waals surface area contributed by atoms with E-state index in [0.29, 0.717) is 0 Å².